The number of aromatic nitrogens is 3. The van der Waals surface area contributed by atoms with Crippen LogP contribution in [0.1, 0.15) is 13.8 Å². The summed E-state index contributed by atoms with van der Waals surface area (Å²) >= 11 is 0. The summed E-state index contributed by atoms with van der Waals surface area (Å²) < 4.78 is 13.7. The van der Waals surface area contributed by atoms with E-state index in [2.05, 4.69) is 35.8 Å². The second-order valence-corrected chi connectivity index (χ2v) is 5.95. The summed E-state index contributed by atoms with van der Waals surface area (Å²) in [5.74, 6) is 0.633. The Hall–Kier alpha value is -2.48. The number of hydrogen-bond donors (Lipinski definition) is 3. The zero-order valence-electron chi connectivity index (χ0n) is 13.9. The summed E-state index contributed by atoms with van der Waals surface area (Å²) in [5, 5.41) is 9.28. The Morgan fingerprint density at radius 2 is 1.96 bits per heavy atom. The van der Waals surface area contributed by atoms with Crippen LogP contribution < -0.4 is 20.9 Å². The Morgan fingerprint density at radius 3 is 2.62 bits per heavy atom. The molecule has 3 rings (SSSR count). The Kier molecular flexibility index (Phi) is 5.05. The SMILES string of the molecule is CC(C)Nc1nc(Nc2ccc(N3CCNCC3)cn2)ncc1F. The molecule has 0 bridgehead atoms. The molecule has 7 nitrogen and oxygen atoms in total. The van der Waals surface area contributed by atoms with Gasteiger partial charge >= 0.3 is 0 Å². The van der Waals surface area contributed by atoms with Crippen molar-refractivity contribution in [3.63, 3.8) is 0 Å². The average molecular weight is 331 g/mol. The molecular weight excluding hydrogens is 309 g/mol. The van der Waals surface area contributed by atoms with Gasteiger partial charge in [0.15, 0.2) is 11.6 Å². The second-order valence-electron chi connectivity index (χ2n) is 5.95. The first-order valence-corrected chi connectivity index (χ1v) is 8.09. The molecule has 128 valence electrons. The molecule has 2 aromatic heterocycles. The van der Waals surface area contributed by atoms with Gasteiger partial charge in [0, 0.05) is 32.2 Å². The highest BCUT2D eigenvalue weighted by atomic mass is 19.1. The Bertz CT molecular complexity index is 669. The molecule has 1 fully saturated rings. The van der Waals surface area contributed by atoms with Crippen molar-refractivity contribution < 1.29 is 4.39 Å². The van der Waals surface area contributed by atoms with Crippen LogP contribution in [0, 0.1) is 5.82 Å². The van der Waals surface area contributed by atoms with Crippen LogP contribution in [0.25, 0.3) is 0 Å². The lowest BCUT2D eigenvalue weighted by molar-refractivity contribution is 0.589. The summed E-state index contributed by atoms with van der Waals surface area (Å²) in [7, 11) is 0. The lowest BCUT2D eigenvalue weighted by atomic mass is 10.3. The number of pyridine rings is 1. The number of nitrogens with one attached hydrogen (secondary N) is 3. The van der Waals surface area contributed by atoms with E-state index in [0.717, 1.165) is 38.1 Å². The average Bonchev–Trinajstić information content (AvgIpc) is 2.59. The smallest absolute Gasteiger partial charge is 0.230 e. The fraction of sp³-hybridized carbons (Fsp3) is 0.438. The standard InChI is InChI=1S/C16H22FN7/c1-11(2)21-15-13(17)10-20-16(23-15)22-14-4-3-12(9-19-14)24-7-5-18-6-8-24/h3-4,9-11,18H,5-8H2,1-2H3,(H2,19,20,21,22,23). The van der Waals surface area contributed by atoms with Gasteiger partial charge in [-0.1, -0.05) is 0 Å². The van der Waals surface area contributed by atoms with Gasteiger partial charge in [-0.15, -0.1) is 0 Å². The van der Waals surface area contributed by atoms with Crippen molar-refractivity contribution in [3.8, 4) is 0 Å². The summed E-state index contributed by atoms with van der Waals surface area (Å²) in [6.45, 7) is 7.75. The van der Waals surface area contributed by atoms with Crippen molar-refractivity contribution >= 4 is 23.3 Å². The third-order valence-electron chi connectivity index (χ3n) is 3.64. The number of nitrogens with zero attached hydrogens (tertiary/aromatic N) is 4. The largest absolute Gasteiger partial charge is 0.368 e. The summed E-state index contributed by atoms with van der Waals surface area (Å²) in [4.78, 5) is 14.8. The van der Waals surface area contributed by atoms with Gasteiger partial charge in [-0.05, 0) is 26.0 Å². The maximum Gasteiger partial charge on any atom is 0.230 e. The molecule has 2 aromatic rings. The van der Waals surface area contributed by atoms with Crippen LogP contribution in [0.5, 0.6) is 0 Å². The van der Waals surface area contributed by atoms with Gasteiger partial charge in [0.2, 0.25) is 5.95 Å². The third kappa shape index (κ3) is 4.08. The van der Waals surface area contributed by atoms with E-state index in [1.807, 2.05) is 32.2 Å². The Balaban J connectivity index is 1.69. The number of anilines is 4. The molecule has 0 amide bonds. The third-order valence-corrected chi connectivity index (χ3v) is 3.64. The van der Waals surface area contributed by atoms with Crippen molar-refractivity contribution in [1.29, 1.82) is 0 Å². The molecule has 3 heterocycles. The van der Waals surface area contributed by atoms with Crippen molar-refractivity contribution in [3.05, 3.63) is 30.3 Å². The monoisotopic (exact) mass is 331 g/mol. The molecule has 1 aliphatic rings. The molecular formula is C16H22FN7. The van der Waals surface area contributed by atoms with Crippen molar-refractivity contribution in [1.82, 2.24) is 20.3 Å². The number of hydrogen-bond acceptors (Lipinski definition) is 7. The molecule has 1 saturated heterocycles. The highest BCUT2D eigenvalue weighted by Crippen LogP contribution is 2.19. The van der Waals surface area contributed by atoms with Crippen molar-refractivity contribution in [2.24, 2.45) is 0 Å². The number of piperazine rings is 1. The minimum atomic E-state index is -0.476. The van der Waals surface area contributed by atoms with Crippen LogP contribution >= 0.6 is 0 Å². The minimum absolute atomic E-state index is 0.0821. The molecule has 3 N–H and O–H groups in total. The van der Waals surface area contributed by atoms with E-state index < -0.39 is 5.82 Å². The minimum Gasteiger partial charge on any atom is -0.368 e. The van der Waals surface area contributed by atoms with E-state index in [9.17, 15) is 4.39 Å². The number of rotatable bonds is 5. The van der Waals surface area contributed by atoms with Gasteiger partial charge in [0.1, 0.15) is 5.82 Å². The predicted octanol–water partition coefficient (Wildman–Crippen LogP) is 1.98. The molecule has 0 aliphatic carbocycles. The van der Waals surface area contributed by atoms with Crippen LogP contribution in [0.3, 0.4) is 0 Å². The first kappa shape index (κ1) is 16.4. The fourth-order valence-corrected chi connectivity index (χ4v) is 2.49. The Labute approximate surface area is 140 Å². The van der Waals surface area contributed by atoms with Crippen LogP contribution in [0.15, 0.2) is 24.5 Å². The van der Waals surface area contributed by atoms with Crippen LogP contribution in [-0.4, -0.2) is 47.2 Å². The quantitative estimate of drug-likeness (QED) is 0.773. The second kappa shape index (κ2) is 7.39. The number of halogens is 1. The molecule has 0 unspecified atom stereocenters. The molecule has 24 heavy (non-hydrogen) atoms. The van der Waals surface area contributed by atoms with Crippen LogP contribution in [-0.2, 0) is 0 Å². The van der Waals surface area contributed by atoms with Gasteiger partial charge in [-0.2, -0.15) is 4.98 Å². The molecule has 0 aromatic carbocycles. The first-order valence-electron chi connectivity index (χ1n) is 8.09. The van der Waals surface area contributed by atoms with Crippen molar-refractivity contribution in [2.45, 2.75) is 19.9 Å². The van der Waals surface area contributed by atoms with Gasteiger partial charge in [0.05, 0.1) is 18.1 Å². The predicted molar refractivity (Wildman–Crippen MR) is 93.4 cm³/mol. The van der Waals surface area contributed by atoms with E-state index in [0.29, 0.717) is 11.8 Å². The highest BCUT2D eigenvalue weighted by Gasteiger charge is 2.11. The molecule has 0 radical (unpaired) electrons. The molecule has 0 saturated carbocycles. The zero-order valence-corrected chi connectivity index (χ0v) is 13.9. The van der Waals surface area contributed by atoms with Crippen molar-refractivity contribution in [2.75, 3.05) is 41.7 Å². The van der Waals surface area contributed by atoms with Gasteiger partial charge in [-0.25, -0.2) is 14.4 Å². The van der Waals surface area contributed by atoms with E-state index in [1.165, 1.54) is 0 Å². The van der Waals surface area contributed by atoms with E-state index in [4.69, 9.17) is 0 Å². The zero-order chi connectivity index (χ0) is 16.9. The lowest BCUT2D eigenvalue weighted by Crippen LogP contribution is -2.43. The van der Waals surface area contributed by atoms with Gasteiger partial charge in [-0.3, -0.25) is 0 Å². The summed E-state index contributed by atoms with van der Waals surface area (Å²) in [6, 6.07) is 3.97. The fourth-order valence-electron chi connectivity index (χ4n) is 2.49. The topological polar surface area (TPSA) is 78.0 Å². The van der Waals surface area contributed by atoms with E-state index in [-0.39, 0.29) is 11.9 Å². The van der Waals surface area contributed by atoms with Gasteiger partial charge in [0.25, 0.3) is 0 Å². The molecule has 0 spiro atoms. The van der Waals surface area contributed by atoms with E-state index >= 15 is 0 Å². The maximum atomic E-state index is 13.7. The van der Waals surface area contributed by atoms with Crippen LogP contribution in [0.4, 0.5) is 27.7 Å². The lowest BCUT2D eigenvalue weighted by Gasteiger charge is -2.29. The maximum absolute atomic E-state index is 13.7. The normalized spacial score (nSPS) is 14.8. The first-order chi connectivity index (χ1) is 11.6. The molecule has 1 aliphatic heterocycles. The highest BCUT2D eigenvalue weighted by molar-refractivity contribution is 5.55. The van der Waals surface area contributed by atoms with Crippen LogP contribution in [0.2, 0.25) is 0 Å². The summed E-state index contributed by atoms with van der Waals surface area (Å²) in [6.07, 6.45) is 2.97. The van der Waals surface area contributed by atoms with E-state index in [1.54, 1.807) is 0 Å². The molecule has 0 atom stereocenters. The summed E-state index contributed by atoms with van der Waals surface area (Å²) in [5.41, 5.74) is 1.09. The van der Waals surface area contributed by atoms with Gasteiger partial charge < -0.3 is 20.9 Å². The molecule has 8 heteroatoms. The Morgan fingerprint density at radius 1 is 1.17 bits per heavy atom.